The van der Waals surface area contributed by atoms with Crippen LogP contribution >= 0.6 is 12.2 Å². The normalized spacial score (nSPS) is 8.70. The first kappa shape index (κ1) is 9.42. The zero-order valence-electron chi connectivity index (χ0n) is 5.03. The summed E-state index contributed by atoms with van der Waals surface area (Å²) in [5, 5.41) is 2.42. The number of halogens is 3. The van der Waals surface area contributed by atoms with Gasteiger partial charge in [0.05, 0.1) is 5.49 Å². The van der Waals surface area contributed by atoms with Crippen LogP contribution in [0.2, 0.25) is 0 Å². The van der Waals surface area contributed by atoms with Crippen LogP contribution in [0, 0.1) is 0 Å². The standard InChI is InChI=1S/C5H6F3NS/c6-4(5(7)8)1-2-9-3-10/h3H,1-2H2,(H,9,10). The molecular formula is C5H6F3NS. The van der Waals surface area contributed by atoms with Gasteiger partial charge in [-0.15, -0.1) is 0 Å². The third kappa shape index (κ3) is 4.31. The third-order valence-electron chi connectivity index (χ3n) is 0.777. The van der Waals surface area contributed by atoms with Crippen LogP contribution in [0.15, 0.2) is 11.9 Å². The highest BCUT2D eigenvalue weighted by Gasteiger charge is 2.02. The molecule has 0 amide bonds. The second kappa shape index (κ2) is 5.22. The molecule has 0 rings (SSSR count). The maximum absolute atomic E-state index is 11.9. The SMILES string of the molecule is FC(F)=C(F)CCNC=S. The summed E-state index contributed by atoms with van der Waals surface area (Å²) in [6.45, 7) is 0.104. The van der Waals surface area contributed by atoms with E-state index < -0.39 is 11.9 Å². The Morgan fingerprint density at radius 3 is 2.40 bits per heavy atom. The lowest BCUT2D eigenvalue weighted by atomic mass is 10.4. The highest BCUT2D eigenvalue weighted by atomic mass is 32.1. The van der Waals surface area contributed by atoms with Gasteiger partial charge in [0, 0.05) is 13.0 Å². The van der Waals surface area contributed by atoms with Gasteiger partial charge in [0.1, 0.15) is 0 Å². The fourth-order valence-electron chi connectivity index (χ4n) is 0.335. The molecule has 0 radical (unpaired) electrons. The lowest BCUT2D eigenvalue weighted by Crippen LogP contribution is -2.10. The summed E-state index contributed by atoms with van der Waals surface area (Å²) >= 11 is 4.31. The Bertz CT molecular complexity index is 142. The van der Waals surface area contributed by atoms with Gasteiger partial charge >= 0.3 is 6.08 Å². The highest BCUT2D eigenvalue weighted by molar-refractivity contribution is 7.78. The predicted octanol–water partition coefficient (Wildman–Crippen LogP) is 2.00. The highest BCUT2D eigenvalue weighted by Crippen LogP contribution is 2.11. The molecule has 0 spiro atoms. The van der Waals surface area contributed by atoms with Crippen molar-refractivity contribution in [3.63, 3.8) is 0 Å². The summed E-state index contributed by atoms with van der Waals surface area (Å²) < 4.78 is 34.5. The molecule has 10 heavy (non-hydrogen) atoms. The van der Waals surface area contributed by atoms with Crippen molar-refractivity contribution in [1.29, 1.82) is 0 Å². The Kier molecular flexibility index (Phi) is 4.92. The van der Waals surface area contributed by atoms with Crippen molar-refractivity contribution in [3.8, 4) is 0 Å². The van der Waals surface area contributed by atoms with Gasteiger partial charge in [-0.25, -0.2) is 4.39 Å². The largest absolute Gasteiger partial charge is 0.382 e. The van der Waals surface area contributed by atoms with E-state index in [1.807, 2.05) is 0 Å². The zero-order valence-corrected chi connectivity index (χ0v) is 5.85. The van der Waals surface area contributed by atoms with Crippen LogP contribution in [0.3, 0.4) is 0 Å². The Balaban J connectivity index is 3.49. The van der Waals surface area contributed by atoms with Crippen LogP contribution in [0.1, 0.15) is 6.42 Å². The monoisotopic (exact) mass is 169 g/mol. The molecule has 0 aromatic carbocycles. The fraction of sp³-hybridized carbons (Fsp3) is 0.400. The van der Waals surface area contributed by atoms with Crippen molar-refractivity contribution in [2.24, 2.45) is 0 Å². The summed E-state index contributed by atoms with van der Waals surface area (Å²) in [5.74, 6) is -1.38. The zero-order chi connectivity index (χ0) is 7.98. The van der Waals surface area contributed by atoms with Crippen molar-refractivity contribution in [2.75, 3.05) is 6.54 Å². The summed E-state index contributed by atoms with van der Waals surface area (Å²) in [7, 11) is 0. The molecule has 0 aliphatic carbocycles. The molecule has 0 fully saturated rings. The number of hydrogen-bond acceptors (Lipinski definition) is 1. The summed E-state index contributed by atoms with van der Waals surface area (Å²) in [5.41, 5.74) is 1.16. The molecule has 1 N–H and O–H groups in total. The van der Waals surface area contributed by atoms with Gasteiger partial charge in [0.15, 0.2) is 5.83 Å². The van der Waals surface area contributed by atoms with E-state index in [4.69, 9.17) is 0 Å². The first-order chi connectivity index (χ1) is 4.68. The molecule has 0 aliphatic heterocycles. The Morgan fingerprint density at radius 1 is 1.40 bits per heavy atom. The van der Waals surface area contributed by atoms with Crippen LogP contribution in [0.4, 0.5) is 13.2 Å². The van der Waals surface area contributed by atoms with Gasteiger partial charge in [-0.05, 0) is 0 Å². The molecule has 0 saturated heterocycles. The molecule has 0 bridgehead atoms. The summed E-state index contributed by atoms with van der Waals surface area (Å²) in [6, 6.07) is 0. The molecular weight excluding hydrogens is 163 g/mol. The van der Waals surface area contributed by atoms with Gasteiger partial charge in [0.25, 0.3) is 0 Å². The quantitative estimate of drug-likeness (QED) is 0.510. The first-order valence-electron chi connectivity index (χ1n) is 2.55. The van der Waals surface area contributed by atoms with Crippen LogP contribution in [0.25, 0.3) is 0 Å². The van der Waals surface area contributed by atoms with Crippen molar-refractivity contribution in [1.82, 2.24) is 5.32 Å². The average Bonchev–Trinajstić information content (AvgIpc) is 1.88. The molecule has 0 atom stereocenters. The predicted molar refractivity (Wildman–Crippen MR) is 36.6 cm³/mol. The van der Waals surface area contributed by atoms with Crippen molar-refractivity contribution < 1.29 is 13.2 Å². The lowest BCUT2D eigenvalue weighted by Gasteiger charge is -1.94. The molecule has 0 aliphatic rings. The first-order valence-corrected chi connectivity index (χ1v) is 3.02. The van der Waals surface area contributed by atoms with Gasteiger partial charge < -0.3 is 5.32 Å². The second-order valence-corrected chi connectivity index (χ2v) is 1.72. The third-order valence-corrected chi connectivity index (χ3v) is 0.944. The lowest BCUT2D eigenvalue weighted by molar-refractivity contribution is 0.370. The molecule has 1 nitrogen and oxygen atoms in total. The maximum atomic E-state index is 11.9. The molecule has 0 saturated carbocycles. The van der Waals surface area contributed by atoms with Gasteiger partial charge in [-0.1, -0.05) is 12.2 Å². The summed E-state index contributed by atoms with van der Waals surface area (Å²) in [4.78, 5) is 0. The van der Waals surface area contributed by atoms with Gasteiger partial charge in [0.2, 0.25) is 0 Å². The number of rotatable bonds is 4. The molecule has 0 heterocycles. The molecule has 0 aromatic heterocycles. The minimum Gasteiger partial charge on any atom is -0.382 e. The second-order valence-electron chi connectivity index (χ2n) is 1.49. The molecule has 0 unspecified atom stereocenters. The molecule has 58 valence electrons. The minimum absolute atomic E-state index is 0.104. The van der Waals surface area contributed by atoms with E-state index >= 15 is 0 Å². The minimum atomic E-state index is -2.26. The Morgan fingerprint density at radius 2 is 2.00 bits per heavy atom. The van der Waals surface area contributed by atoms with Crippen LogP contribution in [-0.2, 0) is 0 Å². The van der Waals surface area contributed by atoms with E-state index in [1.165, 1.54) is 0 Å². The van der Waals surface area contributed by atoms with E-state index in [9.17, 15) is 13.2 Å². The number of hydrogen-bond donors (Lipinski definition) is 1. The van der Waals surface area contributed by atoms with Crippen molar-refractivity contribution >= 4 is 17.7 Å². The Labute approximate surface area is 61.9 Å². The average molecular weight is 169 g/mol. The van der Waals surface area contributed by atoms with E-state index in [-0.39, 0.29) is 13.0 Å². The fourth-order valence-corrected chi connectivity index (χ4v) is 0.453. The maximum Gasteiger partial charge on any atom is 0.301 e. The van der Waals surface area contributed by atoms with Crippen LogP contribution in [0.5, 0.6) is 0 Å². The van der Waals surface area contributed by atoms with Gasteiger partial charge in [-0.2, -0.15) is 8.78 Å². The molecule has 0 aromatic rings. The van der Waals surface area contributed by atoms with Crippen LogP contribution < -0.4 is 5.32 Å². The Hall–Kier alpha value is -0.580. The van der Waals surface area contributed by atoms with Crippen LogP contribution in [-0.4, -0.2) is 12.0 Å². The van der Waals surface area contributed by atoms with Crippen molar-refractivity contribution in [3.05, 3.63) is 11.9 Å². The van der Waals surface area contributed by atoms with Crippen molar-refractivity contribution in [2.45, 2.75) is 6.42 Å². The van der Waals surface area contributed by atoms with E-state index in [1.54, 1.807) is 0 Å². The van der Waals surface area contributed by atoms with E-state index in [0.29, 0.717) is 0 Å². The smallest absolute Gasteiger partial charge is 0.301 e. The van der Waals surface area contributed by atoms with Gasteiger partial charge in [-0.3, -0.25) is 0 Å². The number of thiocarbonyl (C=S) groups is 1. The van der Waals surface area contributed by atoms with E-state index in [2.05, 4.69) is 17.5 Å². The topological polar surface area (TPSA) is 12.0 Å². The number of nitrogens with one attached hydrogen (secondary N) is 1. The molecule has 5 heteroatoms. The summed E-state index contributed by atoms with van der Waals surface area (Å²) in [6.07, 6.45) is -2.58. The van der Waals surface area contributed by atoms with E-state index in [0.717, 1.165) is 5.49 Å².